The molecule has 0 amide bonds. The highest BCUT2D eigenvalue weighted by Crippen LogP contribution is 2.18. The normalized spacial score (nSPS) is 11.8. The molecule has 0 radical (unpaired) electrons. The molecular formula is C12H20N4O2. The van der Waals surface area contributed by atoms with E-state index >= 15 is 0 Å². The minimum Gasteiger partial charge on any atom is -0.464 e. The van der Waals surface area contributed by atoms with Gasteiger partial charge in [0, 0.05) is 12.1 Å². The first-order chi connectivity index (χ1) is 8.60. The van der Waals surface area contributed by atoms with Crippen molar-refractivity contribution in [1.82, 2.24) is 9.97 Å². The van der Waals surface area contributed by atoms with E-state index in [1.54, 1.807) is 13.8 Å². The number of ether oxygens (including phenoxy) is 1. The standard InChI is InChI=1S/C12H20N4O2/c1-5-13-10-8(3)11(15-7-14-10)16-9(4)12(17)18-6-2/h7,9H,5-6H2,1-4H3,(H2,13,14,15,16). The highest BCUT2D eigenvalue weighted by molar-refractivity contribution is 5.79. The van der Waals surface area contributed by atoms with Crippen molar-refractivity contribution in [2.75, 3.05) is 23.8 Å². The van der Waals surface area contributed by atoms with Crippen molar-refractivity contribution in [2.45, 2.75) is 33.7 Å². The van der Waals surface area contributed by atoms with Crippen LogP contribution in [0, 0.1) is 6.92 Å². The van der Waals surface area contributed by atoms with E-state index in [1.807, 2.05) is 13.8 Å². The van der Waals surface area contributed by atoms with E-state index < -0.39 is 6.04 Å². The van der Waals surface area contributed by atoms with Crippen LogP contribution in [0.25, 0.3) is 0 Å². The molecule has 1 aromatic heterocycles. The van der Waals surface area contributed by atoms with Gasteiger partial charge in [-0.15, -0.1) is 0 Å². The van der Waals surface area contributed by atoms with Crippen molar-refractivity contribution < 1.29 is 9.53 Å². The minimum atomic E-state index is -0.437. The number of esters is 1. The van der Waals surface area contributed by atoms with Crippen LogP contribution in [0.5, 0.6) is 0 Å². The fourth-order valence-corrected chi connectivity index (χ4v) is 1.47. The SMILES string of the molecule is CCNc1ncnc(NC(C)C(=O)OCC)c1C. The summed E-state index contributed by atoms with van der Waals surface area (Å²) in [6.07, 6.45) is 1.46. The van der Waals surface area contributed by atoms with Gasteiger partial charge in [-0.1, -0.05) is 0 Å². The third kappa shape index (κ3) is 3.58. The highest BCUT2D eigenvalue weighted by atomic mass is 16.5. The Kier molecular flexibility index (Phi) is 5.35. The second kappa shape index (κ2) is 6.78. The average molecular weight is 252 g/mol. The molecule has 0 aliphatic rings. The van der Waals surface area contributed by atoms with E-state index in [0.29, 0.717) is 12.4 Å². The van der Waals surface area contributed by atoms with Crippen LogP contribution in [0.15, 0.2) is 6.33 Å². The molecule has 0 aliphatic heterocycles. The second-order valence-corrected chi connectivity index (χ2v) is 3.84. The molecule has 0 aliphatic carbocycles. The molecule has 0 bridgehead atoms. The van der Waals surface area contributed by atoms with Crippen molar-refractivity contribution in [1.29, 1.82) is 0 Å². The average Bonchev–Trinajstić information content (AvgIpc) is 2.34. The van der Waals surface area contributed by atoms with Crippen molar-refractivity contribution in [3.05, 3.63) is 11.9 Å². The summed E-state index contributed by atoms with van der Waals surface area (Å²) in [6.45, 7) is 8.57. The van der Waals surface area contributed by atoms with Crippen LogP contribution in [0.2, 0.25) is 0 Å². The Morgan fingerprint density at radius 1 is 1.39 bits per heavy atom. The second-order valence-electron chi connectivity index (χ2n) is 3.84. The van der Waals surface area contributed by atoms with E-state index in [4.69, 9.17) is 4.74 Å². The summed E-state index contributed by atoms with van der Waals surface area (Å²) >= 11 is 0. The minimum absolute atomic E-state index is 0.291. The lowest BCUT2D eigenvalue weighted by Crippen LogP contribution is -2.29. The molecule has 6 nitrogen and oxygen atoms in total. The van der Waals surface area contributed by atoms with Gasteiger partial charge < -0.3 is 15.4 Å². The number of anilines is 2. The molecule has 1 unspecified atom stereocenters. The van der Waals surface area contributed by atoms with Gasteiger partial charge in [0.15, 0.2) is 0 Å². The van der Waals surface area contributed by atoms with Gasteiger partial charge in [0.1, 0.15) is 24.0 Å². The predicted molar refractivity (Wildman–Crippen MR) is 70.7 cm³/mol. The molecule has 0 saturated carbocycles. The van der Waals surface area contributed by atoms with E-state index in [-0.39, 0.29) is 5.97 Å². The predicted octanol–water partition coefficient (Wildman–Crippen LogP) is 1.58. The van der Waals surface area contributed by atoms with Crippen LogP contribution in [-0.4, -0.2) is 35.1 Å². The number of carbonyl (C=O) groups excluding carboxylic acids is 1. The monoisotopic (exact) mass is 252 g/mol. The molecular weight excluding hydrogens is 232 g/mol. The Bertz CT molecular complexity index is 409. The summed E-state index contributed by atoms with van der Waals surface area (Å²) in [5, 5.41) is 6.16. The van der Waals surface area contributed by atoms with E-state index in [9.17, 15) is 4.79 Å². The third-order valence-electron chi connectivity index (χ3n) is 2.42. The molecule has 0 saturated heterocycles. The molecule has 1 aromatic rings. The van der Waals surface area contributed by atoms with Gasteiger partial charge in [-0.2, -0.15) is 0 Å². The number of hydrogen-bond donors (Lipinski definition) is 2. The third-order valence-corrected chi connectivity index (χ3v) is 2.42. The lowest BCUT2D eigenvalue weighted by molar-refractivity contribution is -0.143. The van der Waals surface area contributed by atoms with Crippen LogP contribution < -0.4 is 10.6 Å². The first kappa shape index (κ1) is 14.2. The Morgan fingerprint density at radius 2 is 2.06 bits per heavy atom. The van der Waals surface area contributed by atoms with Crippen LogP contribution in [0.1, 0.15) is 26.3 Å². The van der Waals surface area contributed by atoms with Crippen molar-refractivity contribution in [3.63, 3.8) is 0 Å². The lowest BCUT2D eigenvalue weighted by Gasteiger charge is -2.16. The number of hydrogen-bond acceptors (Lipinski definition) is 6. The molecule has 0 fully saturated rings. The Balaban J connectivity index is 2.78. The molecule has 1 rings (SSSR count). The van der Waals surface area contributed by atoms with Gasteiger partial charge in [-0.25, -0.2) is 14.8 Å². The Hall–Kier alpha value is -1.85. The lowest BCUT2D eigenvalue weighted by atomic mass is 10.2. The summed E-state index contributed by atoms with van der Waals surface area (Å²) in [7, 11) is 0. The van der Waals surface area contributed by atoms with Crippen molar-refractivity contribution in [2.24, 2.45) is 0 Å². The summed E-state index contributed by atoms with van der Waals surface area (Å²) in [5.74, 6) is 1.12. The van der Waals surface area contributed by atoms with Gasteiger partial charge >= 0.3 is 5.97 Å². The molecule has 18 heavy (non-hydrogen) atoms. The summed E-state index contributed by atoms with van der Waals surface area (Å²) < 4.78 is 4.93. The van der Waals surface area contributed by atoms with E-state index in [2.05, 4.69) is 20.6 Å². The van der Waals surface area contributed by atoms with Gasteiger partial charge in [0.2, 0.25) is 0 Å². The zero-order chi connectivity index (χ0) is 13.5. The van der Waals surface area contributed by atoms with E-state index in [1.165, 1.54) is 6.33 Å². The zero-order valence-electron chi connectivity index (χ0n) is 11.3. The molecule has 1 atom stereocenters. The van der Waals surface area contributed by atoms with Gasteiger partial charge in [0.25, 0.3) is 0 Å². The summed E-state index contributed by atoms with van der Waals surface area (Å²) in [4.78, 5) is 19.8. The van der Waals surface area contributed by atoms with E-state index in [0.717, 1.165) is 17.9 Å². The van der Waals surface area contributed by atoms with Gasteiger partial charge in [0.05, 0.1) is 6.61 Å². The quantitative estimate of drug-likeness (QED) is 0.749. The van der Waals surface area contributed by atoms with Crippen LogP contribution >= 0.6 is 0 Å². The molecule has 1 heterocycles. The number of nitrogens with one attached hydrogen (secondary N) is 2. The highest BCUT2D eigenvalue weighted by Gasteiger charge is 2.16. The summed E-state index contributed by atoms with van der Waals surface area (Å²) in [5.41, 5.74) is 0.885. The van der Waals surface area contributed by atoms with Crippen LogP contribution in [0.3, 0.4) is 0 Å². The smallest absolute Gasteiger partial charge is 0.328 e. The Morgan fingerprint density at radius 3 is 2.67 bits per heavy atom. The van der Waals surface area contributed by atoms with Crippen molar-refractivity contribution in [3.8, 4) is 0 Å². The topological polar surface area (TPSA) is 76.1 Å². The molecule has 0 spiro atoms. The number of aromatic nitrogens is 2. The first-order valence-corrected chi connectivity index (χ1v) is 6.08. The van der Waals surface area contributed by atoms with Gasteiger partial charge in [-0.05, 0) is 27.7 Å². The largest absolute Gasteiger partial charge is 0.464 e. The maximum absolute atomic E-state index is 11.5. The fraction of sp³-hybridized carbons (Fsp3) is 0.583. The summed E-state index contributed by atoms with van der Waals surface area (Å²) in [6, 6.07) is -0.437. The maximum atomic E-state index is 11.5. The molecule has 6 heteroatoms. The molecule has 2 N–H and O–H groups in total. The molecule has 100 valence electrons. The van der Waals surface area contributed by atoms with Gasteiger partial charge in [-0.3, -0.25) is 0 Å². The molecule has 0 aromatic carbocycles. The first-order valence-electron chi connectivity index (χ1n) is 6.08. The number of rotatable bonds is 6. The van der Waals surface area contributed by atoms with Crippen LogP contribution in [-0.2, 0) is 9.53 Å². The number of nitrogens with zero attached hydrogens (tertiary/aromatic N) is 2. The Labute approximate surface area is 107 Å². The van der Waals surface area contributed by atoms with Crippen molar-refractivity contribution >= 4 is 17.6 Å². The fourth-order valence-electron chi connectivity index (χ4n) is 1.47. The zero-order valence-corrected chi connectivity index (χ0v) is 11.3. The maximum Gasteiger partial charge on any atom is 0.328 e. The number of carbonyl (C=O) groups is 1. The van der Waals surface area contributed by atoms with Crippen LogP contribution in [0.4, 0.5) is 11.6 Å².